The first-order valence-corrected chi connectivity index (χ1v) is 9.23. The zero-order chi connectivity index (χ0) is 16.9. The van der Waals surface area contributed by atoms with Crippen molar-refractivity contribution in [1.82, 2.24) is 19.8 Å². The lowest BCUT2D eigenvalue weighted by molar-refractivity contribution is -0.137. The molecule has 2 saturated heterocycles. The molecule has 2 fully saturated rings. The van der Waals surface area contributed by atoms with E-state index in [-0.39, 0.29) is 5.92 Å². The fourth-order valence-corrected chi connectivity index (χ4v) is 3.71. The highest BCUT2D eigenvalue weighted by Crippen LogP contribution is 2.22. The van der Waals surface area contributed by atoms with Gasteiger partial charge in [0.05, 0.1) is 5.92 Å². The van der Waals surface area contributed by atoms with Crippen LogP contribution >= 0.6 is 0 Å². The van der Waals surface area contributed by atoms with E-state index in [4.69, 9.17) is 0 Å². The third kappa shape index (κ3) is 4.04. The van der Waals surface area contributed by atoms with Gasteiger partial charge < -0.3 is 9.80 Å². The average molecular weight is 331 g/mol. The highest BCUT2D eigenvalue weighted by atomic mass is 16.2. The molecule has 24 heavy (non-hydrogen) atoms. The van der Waals surface area contributed by atoms with E-state index in [2.05, 4.69) is 31.6 Å². The van der Waals surface area contributed by atoms with Crippen molar-refractivity contribution in [3.63, 3.8) is 0 Å². The van der Waals surface area contributed by atoms with Gasteiger partial charge in [0.2, 0.25) is 11.9 Å². The molecule has 1 aromatic heterocycles. The molecule has 1 unspecified atom stereocenters. The molecule has 1 aromatic rings. The number of rotatable bonds is 4. The van der Waals surface area contributed by atoms with E-state index in [1.807, 2.05) is 13.0 Å². The van der Waals surface area contributed by atoms with Gasteiger partial charge in [-0.05, 0) is 38.8 Å². The Morgan fingerprint density at radius 3 is 2.75 bits per heavy atom. The summed E-state index contributed by atoms with van der Waals surface area (Å²) in [7, 11) is 0. The zero-order valence-corrected chi connectivity index (χ0v) is 14.9. The minimum atomic E-state index is 0.0839. The SMILES string of the molecule is CCCN1CCN(C(=O)C2CCCN(c3nccc(C)n3)C2)CC1. The van der Waals surface area contributed by atoms with Gasteiger partial charge in [0.25, 0.3) is 0 Å². The Bertz CT molecular complexity index is 556. The first kappa shape index (κ1) is 17.1. The molecule has 0 bridgehead atoms. The number of carbonyl (C=O) groups is 1. The normalized spacial score (nSPS) is 22.7. The Kier molecular flexibility index (Phi) is 5.66. The summed E-state index contributed by atoms with van der Waals surface area (Å²) in [5.41, 5.74) is 0.973. The molecule has 0 spiro atoms. The quantitative estimate of drug-likeness (QED) is 0.838. The van der Waals surface area contributed by atoms with Crippen LogP contribution < -0.4 is 4.90 Å². The summed E-state index contributed by atoms with van der Waals surface area (Å²) in [5, 5.41) is 0. The van der Waals surface area contributed by atoms with Crippen LogP contribution in [0, 0.1) is 12.8 Å². The lowest BCUT2D eigenvalue weighted by Crippen LogP contribution is -2.52. The topological polar surface area (TPSA) is 52.6 Å². The third-order valence-corrected chi connectivity index (χ3v) is 5.06. The van der Waals surface area contributed by atoms with Gasteiger partial charge in [-0.1, -0.05) is 6.92 Å². The summed E-state index contributed by atoms with van der Waals surface area (Å²) in [5.74, 6) is 1.17. The number of hydrogen-bond acceptors (Lipinski definition) is 5. The molecule has 0 N–H and O–H groups in total. The number of anilines is 1. The number of hydrogen-bond donors (Lipinski definition) is 0. The maximum atomic E-state index is 12.9. The monoisotopic (exact) mass is 331 g/mol. The lowest BCUT2D eigenvalue weighted by Gasteiger charge is -2.39. The van der Waals surface area contributed by atoms with E-state index < -0.39 is 0 Å². The van der Waals surface area contributed by atoms with Crippen LogP contribution in [0.1, 0.15) is 31.9 Å². The second kappa shape index (κ2) is 7.92. The maximum absolute atomic E-state index is 12.9. The molecule has 6 heteroatoms. The molecule has 3 heterocycles. The fourth-order valence-electron chi connectivity index (χ4n) is 3.71. The van der Waals surface area contributed by atoms with Gasteiger partial charge >= 0.3 is 0 Å². The van der Waals surface area contributed by atoms with Crippen LogP contribution in [0.5, 0.6) is 0 Å². The van der Waals surface area contributed by atoms with Crippen LogP contribution in [0.2, 0.25) is 0 Å². The van der Waals surface area contributed by atoms with Crippen LogP contribution in [-0.4, -0.2) is 71.5 Å². The van der Waals surface area contributed by atoms with Crippen LogP contribution in [0.15, 0.2) is 12.3 Å². The molecule has 2 aliphatic heterocycles. The minimum absolute atomic E-state index is 0.0839. The number of aromatic nitrogens is 2. The van der Waals surface area contributed by atoms with Gasteiger partial charge in [0, 0.05) is 51.2 Å². The van der Waals surface area contributed by atoms with Crippen molar-refractivity contribution in [2.24, 2.45) is 5.92 Å². The zero-order valence-electron chi connectivity index (χ0n) is 14.9. The fraction of sp³-hybridized carbons (Fsp3) is 0.722. The van der Waals surface area contributed by atoms with Crippen LogP contribution in [0.4, 0.5) is 5.95 Å². The van der Waals surface area contributed by atoms with Gasteiger partial charge in [0.15, 0.2) is 0 Å². The summed E-state index contributed by atoms with van der Waals surface area (Å²) < 4.78 is 0. The molecule has 0 radical (unpaired) electrons. The Morgan fingerprint density at radius 1 is 1.25 bits per heavy atom. The Hall–Kier alpha value is -1.69. The first-order valence-electron chi connectivity index (χ1n) is 9.23. The number of carbonyl (C=O) groups excluding carboxylic acids is 1. The smallest absolute Gasteiger partial charge is 0.227 e. The third-order valence-electron chi connectivity index (χ3n) is 5.06. The molecular formula is C18H29N5O. The molecule has 0 saturated carbocycles. The van der Waals surface area contributed by atoms with E-state index in [0.29, 0.717) is 5.91 Å². The number of amides is 1. The molecule has 6 nitrogen and oxygen atoms in total. The molecule has 3 rings (SSSR count). The summed E-state index contributed by atoms with van der Waals surface area (Å²) in [6.07, 6.45) is 5.00. The Balaban J connectivity index is 1.57. The second-order valence-corrected chi connectivity index (χ2v) is 6.95. The van der Waals surface area contributed by atoms with Gasteiger partial charge in [-0.15, -0.1) is 0 Å². The Morgan fingerprint density at radius 2 is 2.04 bits per heavy atom. The minimum Gasteiger partial charge on any atom is -0.340 e. The molecule has 2 aliphatic rings. The molecule has 1 atom stereocenters. The largest absolute Gasteiger partial charge is 0.340 e. The number of piperazine rings is 1. The van der Waals surface area contributed by atoms with E-state index in [1.165, 1.54) is 6.42 Å². The number of piperidine rings is 1. The van der Waals surface area contributed by atoms with Crippen LogP contribution in [-0.2, 0) is 4.79 Å². The van der Waals surface area contributed by atoms with E-state index in [1.54, 1.807) is 6.20 Å². The van der Waals surface area contributed by atoms with Crippen LogP contribution in [0.25, 0.3) is 0 Å². The summed E-state index contributed by atoms with van der Waals surface area (Å²) in [6.45, 7) is 10.8. The number of aryl methyl sites for hydroxylation is 1. The maximum Gasteiger partial charge on any atom is 0.227 e. The van der Waals surface area contributed by atoms with Gasteiger partial charge in [-0.25, -0.2) is 9.97 Å². The van der Waals surface area contributed by atoms with E-state index in [9.17, 15) is 4.79 Å². The van der Waals surface area contributed by atoms with E-state index in [0.717, 1.165) is 70.3 Å². The summed E-state index contributed by atoms with van der Waals surface area (Å²) >= 11 is 0. The predicted molar refractivity (Wildman–Crippen MR) is 95.0 cm³/mol. The second-order valence-electron chi connectivity index (χ2n) is 6.95. The van der Waals surface area contributed by atoms with E-state index >= 15 is 0 Å². The molecule has 0 aromatic carbocycles. The highest BCUT2D eigenvalue weighted by molar-refractivity contribution is 5.79. The standard InChI is InChI=1S/C18H29N5O/c1-3-8-21-10-12-22(13-11-21)17(24)16-5-4-9-23(14-16)18-19-7-6-15(2)20-18/h6-7,16H,3-5,8-14H2,1-2H3. The lowest BCUT2D eigenvalue weighted by atomic mass is 9.96. The van der Waals surface area contributed by atoms with Gasteiger partial charge in [-0.3, -0.25) is 9.69 Å². The average Bonchev–Trinajstić information content (AvgIpc) is 2.62. The van der Waals surface area contributed by atoms with Crippen LogP contribution in [0.3, 0.4) is 0 Å². The molecule has 0 aliphatic carbocycles. The molecule has 132 valence electrons. The van der Waals surface area contributed by atoms with Crippen molar-refractivity contribution >= 4 is 11.9 Å². The summed E-state index contributed by atoms with van der Waals surface area (Å²) in [6, 6.07) is 1.91. The summed E-state index contributed by atoms with van der Waals surface area (Å²) in [4.78, 5) is 28.5. The van der Waals surface area contributed by atoms with Crippen molar-refractivity contribution in [3.8, 4) is 0 Å². The Labute approximate surface area is 144 Å². The number of nitrogens with zero attached hydrogens (tertiary/aromatic N) is 5. The highest BCUT2D eigenvalue weighted by Gasteiger charge is 2.31. The van der Waals surface area contributed by atoms with Gasteiger partial charge in [-0.2, -0.15) is 0 Å². The predicted octanol–water partition coefficient (Wildman–Crippen LogP) is 1.56. The molecular weight excluding hydrogens is 302 g/mol. The van der Waals surface area contributed by atoms with Crippen molar-refractivity contribution in [2.45, 2.75) is 33.1 Å². The molecule has 1 amide bonds. The van der Waals surface area contributed by atoms with Gasteiger partial charge in [0.1, 0.15) is 0 Å². The first-order chi connectivity index (χ1) is 11.7. The van der Waals surface area contributed by atoms with Crippen molar-refractivity contribution in [3.05, 3.63) is 18.0 Å². The van der Waals surface area contributed by atoms with Crippen molar-refractivity contribution < 1.29 is 4.79 Å². The van der Waals surface area contributed by atoms with Crippen molar-refractivity contribution in [1.29, 1.82) is 0 Å². The van der Waals surface area contributed by atoms with Crippen molar-refractivity contribution in [2.75, 3.05) is 50.7 Å².